The highest BCUT2D eigenvalue weighted by Crippen LogP contribution is 2.30. The zero-order valence-electron chi connectivity index (χ0n) is 7.39. The predicted octanol–water partition coefficient (Wildman–Crippen LogP) is 1.01. The van der Waals surface area contributed by atoms with Crippen LogP contribution in [0, 0.1) is 5.41 Å². The Labute approximate surface area is 71.8 Å². The van der Waals surface area contributed by atoms with E-state index >= 15 is 0 Å². The molecule has 0 bridgehead atoms. The monoisotopic (exact) mass is 167 g/mol. The van der Waals surface area contributed by atoms with E-state index in [1.54, 1.807) is 12.3 Å². The first kappa shape index (κ1) is 8.97. The normalized spacial score (nSPS) is 20.8. The van der Waals surface area contributed by atoms with Gasteiger partial charge in [-0.15, -0.1) is 0 Å². The molecule has 0 atom stereocenters. The minimum absolute atomic E-state index is 0.310. The number of amides is 1. The van der Waals surface area contributed by atoms with Crippen LogP contribution in [-0.4, -0.2) is 11.7 Å². The van der Waals surface area contributed by atoms with Gasteiger partial charge in [0, 0.05) is 6.20 Å². The van der Waals surface area contributed by atoms with Crippen molar-refractivity contribution in [1.82, 2.24) is 5.32 Å². The van der Waals surface area contributed by atoms with Gasteiger partial charge in [-0.2, -0.15) is 0 Å². The van der Waals surface area contributed by atoms with Crippen LogP contribution in [0.1, 0.15) is 26.7 Å². The van der Waals surface area contributed by atoms with E-state index in [0.29, 0.717) is 12.8 Å². The molecule has 1 aliphatic rings. The molecule has 0 radical (unpaired) electrons. The van der Waals surface area contributed by atoms with Crippen molar-refractivity contribution in [2.75, 3.05) is 0 Å². The number of Topliss-reactive ketones (excluding diaryl/α,β-unsaturated/α-hetero) is 1. The molecule has 66 valence electrons. The standard InChI is InChI=1S/C9H13NO2/c1-3-9(4-2)5-6-10-8(12)7(9)11/h5-6H,3-4H2,1-2H3,(H,10,12). The Morgan fingerprint density at radius 2 is 1.92 bits per heavy atom. The highest BCUT2D eigenvalue weighted by atomic mass is 16.2. The molecule has 0 saturated heterocycles. The highest BCUT2D eigenvalue weighted by Gasteiger charge is 2.38. The number of nitrogens with one attached hydrogen (secondary N) is 1. The lowest BCUT2D eigenvalue weighted by molar-refractivity contribution is -0.142. The summed E-state index contributed by atoms with van der Waals surface area (Å²) in [5, 5.41) is 2.39. The van der Waals surface area contributed by atoms with Crippen molar-refractivity contribution in [2.45, 2.75) is 26.7 Å². The second-order valence-electron chi connectivity index (χ2n) is 3.00. The average Bonchev–Trinajstić information content (AvgIpc) is 2.11. The molecule has 1 rings (SSSR count). The van der Waals surface area contributed by atoms with Crippen molar-refractivity contribution in [3.63, 3.8) is 0 Å². The molecule has 0 aliphatic carbocycles. The Kier molecular flexibility index (Phi) is 2.31. The lowest BCUT2D eigenvalue weighted by Gasteiger charge is -2.27. The number of hydrogen-bond acceptors (Lipinski definition) is 2. The molecule has 0 saturated carbocycles. The van der Waals surface area contributed by atoms with Gasteiger partial charge in [0.05, 0.1) is 5.41 Å². The first-order valence-corrected chi connectivity index (χ1v) is 4.19. The van der Waals surface area contributed by atoms with Gasteiger partial charge in [0.2, 0.25) is 5.78 Å². The summed E-state index contributed by atoms with van der Waals surface area (Å²) in [7, 11) is 0. The van der Waals surface area contributed by atoms with Crippen LogP contribution in [0.15, 0.2) is 12.3 Å². The molecule has 1 amide bonds. The third-order valence-corrected chi connectivity index (χ3v) is 2.54. The second kappa shape index (κ2) is 3.09. The van der Waals surface area contributed by atoms with E-state index in [0.717, 1.165) is 0 Å². The van der Waals surface area contributed by atoms with Crippen molar-refractivity contribution < 1.29 is 9.59 Å². The summed E-state index contributed by atoms with van der Waals surface area (Å²) in [6, 6.07) is 0. The van der Waals surface area contributed by atoms with Crippen molar-refractivity contribution in [3.05, 3.63) is 12.3 Å². The van der Waals surface area contributed by atoms with Gasteiger partial charge in [-0.05, 0) is 12.8 Å². The maximum atomic E-state index is 11.4. The number of carbonyl (C=O) groups excluding carboxylic acids is 2. The zero-order chi connectivity index (χ0) is 9.19. The Bertz CT molecular complexity index is 239. The summed E-state index contributed by atoms with van der Waals surface area (Å²) < 4.78 is 0. The summed E-state index contributed by atoms with van der Waals surface area (Å²) in [4.78, 5) is 22.5. The van der Waals surface area contributed by atoms with Gasteiger partial charge < -0.3 is 5.32 Å². The fourth-order valence-electron chi connectivity index (χ4n) is 1.45. The third-order valence-electron chi connectivity index (χ3n) is 2.54. The molecule has 0 unspecified atom stereocenters. The van der Waals surface area contributed by atoms with Crippen LogP contribution in [0.4, 0.5) is 0 Å². The van der Waals surface area contributed by atoms with E-state index < -0.39 is 11.3 Å². The second-order valence-corrected chi connectivity index (χ2v) is 3.00. The van der Waals surface area contributed by atoms with E-state index in [9.17, 15) is 9.59 Å². The summed E-state index contributed by atoms with van der Waals surface area (Å²) in [6.07, 6.45) is 4.73. The SMILES string of the molecule is CCC1(CC)C=CNC(=O)C1=O. The zero-order valence-corrected chi connectivity index (χ0v) is 7.39. The minimum atomic E-state index is -0.539. The van der Waals surface area contributed by atoms with Gasteiger partial charge in [0.25, 0.3) is 5.91 Å². The van der Waals surface area contributed by atoms with E-state index in [-0.39, 0.29) is 5.78 Å². The molecule has 0 aromatic rings. The summed E-state index contributed by atoms with van der Waals surface area (Å²) in [6.45, 7) is 3.84. The Hall–Kier alpha value is -1.12. The minimum Gasteiger partial charge on any atom is -0.326 e. The van der Waals surface area contributed by atoms with Crippen LogP contribution in [-0.2, 0) is 9.59 Å². The number of ketones is 1. The first-order chi connectivity index (χ1) is 5.66. The van der Waals surface area contributed by atoms with E-state index in [1.807, 2.05) is 13.8 Å². The Balaban J connectivity index is 3.01. The molecule has 1 aliphatic heterocycles. The molecule has 3 heteroatoms. The van der Waals surface area contributed by atoms with Gasteiger partial charge in [0.1, 0.15) is 0 Å². The molecule has 1 N–H and O–H groups in total. The van der Waals surface area contributed by atoms with E-state index in [4.69, 9.17) is 0 Å². The largest absolute Gasteiger partial charge is 0.326 e. The molecular formula is C9H13NO2. The van der Waals surface area contributed by atoms with Crippen molar-refractivity contribution in [2.24, 2.45) is 5.41 Å². The smallest absolute Gasteiger partial charge is 0.292 e. The fraction of sp³-hybridized carbons (Fsp3) is 0.556. The average molecular weight is 167 g/mol. The Morgan fingerprint density at radius 3 is 2.33 bits per heavy atom. The number of allylic oxidation sites excluding steroid dienone is 1. The molecule has 1 heterocycles. The lowest BCUT2D eigenvalue weighted by Crippen LogP contribution is -2.43. The molecule has 12 heavy (non-hydrogen) atoms. The summed E-state index contributed by atoms with van der Waals surface area (Å²) >= 11 is 0. The molecular weight excluding hydrogens is 154 g/mol. The van der Waals surface area contributed by atoms with Crippen LogP contribution in [0.3, 0.4) is 0 Å². The van der Waals surface area contributed by atoms with Crippen LogP contribution in [0.25, 0.3) is 0 Å². The maximum absolute atomic E-state index is 11.4. The summed E-state index contributed by atoms with van der Waals surface area (Å²) in [5.74, 6) is -0.795. The highest BCUT2D eigenvalue weighted by molar-refractivity contribution is 6.39. The lowest BCUT2D eigenvalue weighted by atomic mass is 9.77. The Morgan fingerprint density at radius 1 is 1.33 bits per heavy atom. The van der Waals surface area contributed by atoms with E-state index in [2.05, 4.69) is 5.32 Å². The molecule has 3 nitrogen and oxygen atoms in total. The van der Waals surface area contributed by atoms with Crippen molar-refractivity contribution in [3.8, 4) is 0 Å². The number of rotatable bonds is 2. The molecule has 0 fully saturated rings. The van der Waals surface area contributed by atoms with Crippen LogP contribution in [0.2, 0.25) is 0 Å². The van der Waals surface area contributed by atoms with Crippen molar-refractivity contribution in [1.29, 1.82) is 0 Å². The van der Waals surface area contributed by atoms with Crippen LogP contribution < -0.4 is 5.32 Å². The quantitative estimate of drug-likeness (QED) is 0.624. The van der Waals surface area contributed by atoms with Gasteiger partial charge in [-0.1, -0.05) is 19.9 Å². The summed E-state index contributed by atoms with van der Waals surface area (Å²) in [5.41, 5.74) is -0.539. The molecule has 0 spiro atoms. The maximum Gasteiger partial charge on any atom is 0.292 e. The van der Waals surface area contributed by atoms with Crippen LogP contribution >= 0.6 is 0 Å². The third kappa shape index (κ3) is 1.15. The van der Waals surface area contributed by atoms with Crippen molar-refractivity contribution >= 4 is 11.7 Å². The van der Waals surface area contributed by atoms with Gasteiger partial charge in [-0.3, -0.25) is 9.59 Å². The first-order valence-electron chi connectivity index (χ1n) is 4.19. The number of carbonyl (C=O) groups is 2. The molecule has 0 aromatic carbocycles. The fourth-order valence-corrected chi connectivity index (χ4v) is 1.45. The predicted molar refractivity (Wildman–Crippen MR) is 45.3 cm³/mol. The van der Waals surface area contributed by atoms with E-state index in [1.165, 1.54) is 0 Å². The topological polar surface area (TPSA) is 46.2 Å². The van der Waals surface area contributed by atoms with Gasteiger partial charge in [0.15, 0.2) is 0 Å². The molecule has 0 aromatic heterocycles. The van der Waals surface area contributed by atoms with Gasteiger partial charge >= 0.3 is 0 Å². The van der Waals surface area contributed by atoms with Crippen LogP contribution in [0.5, 0.6) is 0 Å². The number of hydrogen-bond donors (Lipinski definition) is 1. The van der Waals surface area contributed by atoms with Gasteiger partial charge in [-0.25, -0.2) is 0 Å².